The van der Waals surface area contributed by atoms with Gasteiger partial charge in [0.2, 0.25) is 0 Å². The summed E-state index contributed by atoms with van der Waals surface area (Å²) in [5, 5.41) is 4.10. The summed E-state index contributed by atoms with van der Waals surface area (Å²) in [4.78, 5) is 12.2. The first-order chi connectivity index (χ1) is 11.0. The maximum absolute atomic E-state index is 12.2. The minimum atomic E-state index is -0.339. The van der Waals surface area contributed by atoms with Crippen LogP contribution in [0.1, 0.15) is 22.8 Å². The molecule has 0 aliphatic carbocycles. The highest BCUT2D eigenvalue weighted by Gasteiger charge is 2.10. The first-order valence-corrected chi connectivity index (χ1v) is 6.97. The fourth-order valence-corrected chi connectivity index (χ4v) is 2.00. The molecule has 23 heavy (non-hydrogen) atoms. The summed E-state index contributed by atoms with van der Waals surface area (Å²) in [6, 6.07) is 12.2. The van der Waals surface area contributed by atoms with E-state index in [0.717, 1.165) is 5.56 Å². The molecule has 0 atom stereocenters. The van der Waals surface area contributed by atoms with Crippen molar-refractivity contribution in [2.24, 2.45) is 5.10 Å². The van der Waals surface area contributed by atoms with Crippen LogP contribution in [0.3, 0.4) is 0 Å². The molecule has 0 aliphatic heterocycles. The first-order valence-electron chi connectivity index (χ1n) is 6.97. The maximum atomic E-state index is 12.2. The highest BCUT2D eigenvalue weighted by molar-refractivity contribution is 6.01. The van der Waals surface area contributed by atoms with E-state index >= 15 is 0 Å². The van der Waals surface area contributed by atoms with Crippen molar-refractivity contribution in [1.29, 1.82) is 0 Å². The lowest BCUT2D eigenvalue weighted by atomic mass is 10.1. The molecule has 2 aromatic rings. The molecule has 0 aliphatic rings. The summed E-state index contributed by atoms with van der Waals surface area (Å²) in [7, 11) is 3.05. The molecular formula is C17H19N3O3. The minimum Gasteiger partial charge on any atom is -0.493 e. The Bertz CT molecular complexity index is 742. The van der Waals surface area contributed by atoms with E-state index in [1.165, 1.54) is 14.2 Å². The number of carbonyl (C=O) groups is 1. The summed E-state index contributed by atoms with van der Waals surface area (Å²) in [6.45, 7) is 1.80. The third-order valence-electron chi connectivity index (χ3n) is 3.28. The number of amides is 1. The largest absolute Gasteiger partial charge is 0.493 e. The van der Waals surface area contributed by atoms with Crippen molar-refractivity contribution < 1.29 is 14.3 Å². The predicted molar refractivity (Wildman–Crippen MR) is 90.1 cm³/mol. The van der Waals surface area contributed by atoms with Gasteiger partial charge in [-0.15, -0.1) is 0 Å². The van der Waals surface area contributed by atoms with Crippen LogP contribution in [0.15, 0.2) is 47.6 Å². The number of nitrogens with zero attached hydrogens (tertiary/aromatic N) is 1. The average Bonchev–Trinajstić information content (AvgIpc) is 2.58. The highest BCUT2D eigenvalue weighted by atomic mass is 16.5. The van der Waals surface area contributed by atoms with Gasteiger partial charge in [-0.05, 0) is 42.8 Å². The van der Waals surface area contributed by atoms with Gasteiger partial charge in [0.25, 0.3) is 5.91 Å². The Labute approximate surface area is 134 Å². The van der Waals surface area contributed by atoms with Gasteiger partial charge < -0.3 is 15.2 Å². The lowest BCUT2D eigenvalue weighted by Gasteiger charge is -2.09. The molecule has 0 saturated carbocycles. The summed E-state index contributed by atoms with van der Waals surface area (Å²) in [5.41, 5.74) is 10.8. The predicted octanol–water partition coefficient (Wildman–Crippen LogP) is 2.44. The van der Waals surface area contributed by atoms with Gasteiger partial charge in [0, 0.05) is 11.3 Å². The van der Waals surface area contributed by atoms with E-state index in [-0.39, 0.29) is 5.91 Å². The van der Waals surface area contributed by atoms with Crippen LogP contribution in [-0.4, -0.2) is 25.8 Å². The van der Waals surface area contributed by atoms with Crippen molar-refractivity contribution >= 4 is 17.3 Å². The molecule has 3 N–H and O–H groups in total. The topological polar surface area (TPSA) is 85.9 Å². The van der Waals surface area contributed by atoms with Gasteiger partial charge in [0.05, 0.1) is 19.9 Å². The molecule has 0 saturated heterocycles. The van der Waals surface area contributed by atoms with Gasteiger partial charge in [0.1, 0.15) is 0 Å². The number of hydrazone groups is 1. The van der Waals surface area contributed by atoms with Crippen LogP contribution >= 0.6 is 0 Å². The average molecular weight is 313 g/mol. The number of nitrogens with two attached hydrogens (primary N) is 1. The second-order valence-electron chi connectivity index (χ2n) is 4.83. The molecule has 1 amide bonds. The number of ether oxygens (including phenoxy) is 2. The zero-order valence-electron chi connectivity index (χ0n) is 13.3. The summed E-state index contributed by atoms with van der Waals surface area (Å²) >= 11 is 0. The highest BCUT2D eigenvalue weighted by Crippen LogP contribution is 2.27. The fourth-order valence-electron chi connectivity index (χ4n) is 2.00. The van der Waals surface area contributed by atoms with Gasteiger partial charge >= 0.3 is 0 Å². The van der Waals surface area contributed by atoms with Crippen LogP contribution in [-0.2, 0) is 0 Å². The third kappa shape index (κ3) is 4.00. The first kappa shape index (κ1) is 16.4. The zero-order valence-corrected chi connectivity index (χ0v) is 13.3. The van der Waals surface area contributed by atoms with Gasteiger partial charge in [-0.3, -0.25) is 4.79 Å². The number of benzene rings is 2. The lowest BCUT2D eigenvalue weighted by Crippen LogP contribution is -2.19. The number of methoxy groups -OCH3 is 2. The second kappa shape index (κ2) is 7.31. The van der Waals surface area contributed by atoms with Crippen LogP contribution in [0, 0.1) is 0 Å². The number of hydrogen-bond donors (Lipinski definition) is 2. The summed E-state index contributed by atoms with van der Waals surface area (Å²) in [6.07, 6.45) is 0. The van der Waals surface area contributed by atoms with E-state index in [1.807, 2.05) is 12.1 Å². The Kier molecular flexibility index (Phi) is 5.19. The number of hydrogen-bond acceptors (Lipinski definition) is 5. The third-order valence-corrected chi connectivity index (χ3v) is 3.28. The molecule has 0 fully saturated rings. The minimum absolute atomic E-state index is 0.339. The van der Waals surface area contributed by atoms with E-state index in [9.17, 15) is 4.79 Å². The molecule has 0 spiro atoms. The van der Waals surface area contributed by atoms with E-state index in [0.29, 0.717) is 28.5 Å². The van der Waals surface area contributed by atoms with Crippen LogP contribution in [0.4, 0.5) is 5.69 Å². The second-order valence-corrected chi connectivity index (χ2v) is 4.83. The van der Waals surface area contributed by atoms with Crippen LogP contribution in [0.2, 0.25) is 0 Å². The molecule has 2 aromatic carbocycles. The SMILES string of the molecule is COc1ccc(C(=O)N/N=C(/C)c2cccc(N)c2)cc1OC. The lowest BCUT2D eigenvalue weighted by molar-refractivity contribution is 0.0954. The van der Waals surface area contributed by atoms with E-state index in [1.54, 1.807) is 37.3 Å². The molecule has 0 heterocycles. The van der Waals surface area contributed by atoms with E-state index < -0.39 is 0 Å². The smallest absolute Gasteiger partial charge is 0.271 e. The van der Waals surface area contributed by atoms with Crippen molar-refractivity contribution in [2.45, 2.75) is 6.92 Å². The summed E-state index contributed by atoms with van der Waals surface area (Å²) in [5.74, 6) is 0.703. The molecule has 2 rings (SSSR count). The van der Waals surface area contributed by atoms with Gasteiger partial charge in [-0.25, -0.2) is 5.43 Å². The van der Waals surface area contributed by atoms with Crippen LogP contribution in [0.25, 0.3) is 0 Å². The van der Waals surface area contributed by atoms with Crippen molar-refractivity contribution in [3.63, 3.8) is 0 Å². The Morgan fingerprint density at radius 2 is 1.78 bits per heavy atom. The Morgan fingerprint density at radius 3 is 2.43 bits per heavy atom. The molecule has 6 nitrogen and oxygen atoms in total. The van der Waals surface area contributed by atoms with Gasteiger partial charge in [-0.2, -0.15) is 5.10 Å². The number of anilines is 1. The normalized spacial score (nSPS) is 11.0. The molecule has 0 aromatic heterocycles. The number of carbonyl (C=O) groups excluding carboxylic acids is 1. The molecule has 120 valence electrons. The monoisotopic (exact) mass is 313 g/mol. The Balaban J connectivity index is 2.14. The quantitative estimate of drug-likeness (QED) is 0.504. The standard InChI is InChI=1S/C17H19N3O3/c1-11(12-5-4-6-14(18)9-12)19-20-17(21)13-7-8-15(22-2)16(10-13)23-3/h4-10H,18H2,1-3H3,(H,20,21)/b19-11-. The molecule has 0 radical (unpaired) electrons. The van der Waals surface area contributed by atoms with Crippen molar-refractivity contribution in [3.05, 3.63) is 53.6 Å². The van der Waals surface area contributed by atoms with Crippen molar-refractivity contribution in [1.82, 2.24) is 5.43 Å². The molecule has 0 unspecified atom stereocenters. The van der Waals surface area contributed by atoms with Gasteiger partial charge in [0.15, 0.2) is 11.5 Å². The number of nitrogen functional groups attached to an aromatic ring is 1. The fraction of sp³-hybridized carbons (Fsp3) is 0.176. The van der Waals surface area contributed by atoms with Crippen LogP contribution < -0.4 is 20.6 Å². The number of nitrogens with one attached hydrogen (secondary N) is 1. The Morgan fingerprint density at radius 1 is 1.04 bits per heavy atom. The van der Waals surface area contributed by atoms with Gasteiger partial charge in [-0.1, -0.05) is 12.1 Å². The maximum Gasteiger partial charge on any atom is 0.271 e. The number of rotatable bonds is 5. The van der Waals surface area contributed by atoms with Crippen LogP contribution in [0.5, 0.6) is 11.5 Å². The van der Waals surface area contributed by atoms with Crippen molar-refractivity contribution in [3.8, 4) is 11.5 Å². The summed E-state index contributed by atoms with van der Waals surface area (Å²) < 4.78 is 10.3. The van der Waals surface area contributed by atoms with Crippen molar-refractivity contribution in [2.75, 3.05) is 20.0 Å². The zero-order chi connectivity index (χ0) is 16.8. The molecule has 0 bridgehead atoms. The van der Waals surface area contributed by atoms with E-state index in [2.05, 4.69) is 10.5 Å². The Hall–Kier alpha value is -3.02. The van der Waals surface area contributed by atoms with E-state index in [4.69, 9.17) is 15.2 Å². The molecule has 6 heteroatoms. The molecular weight excluding hydrogens is 294 g/mol.